The van der Waals surface area contributed by atoms with Gasteiger partial charge in [0.1, 0.15) is 5.82 Å². The number of benzene rings is 1. The summed E-state index contributed by atoms with van der Waals surface area (Å²) in [6.07, 6.45) is 1.52. The summed E-state index contributed by atoms with van der Waals surface area (Å²) in [5, 5.41) is 11.7. The third kappa shape index (κ3) is 2.92. The predicted molar refractivity (Wildman–Crippen MR) is 84.2 cm³/mol. The lowest BCUT2D eigenvalue weighted by Crippen LogP contribution is -2.26. The average Bonchev–Trinajstić information content (AvgIpc) is 3.18. The SMILES string of the molecule is CC(NC(=O)c1cn[nH]c1-c1cccs1)c1ccc(F)cc1. The first-order valence-corrected chi connectivity index (χ1v) is 7.66. The van der Waals surface area contributed by atoms with Crippen LogP contribution in [0, 0.1) is 5.82 Å². The third-order valence-electron chi connectivity index (χ3n) is 3.37. The number of rotatable bonds is 4. The van der Waals surface area contributed by atoms with E-state index in [-0.39, 0.29) is 17.8 Å². The van der Waals surface area contributed by atoms with E-state index in [1.807, 2.05) is 24.4 Å². The Kier molecular flexibility index (Phi) is 4.02. The Morgan fingerprint density at radius 2 is 2.09 bits per heavy atom. The Labute approximate surface area is 131 Å². The smallest absolute Gasteiger partial charge is 0.255 e. The van der Waals surface area contributed by atoms with Crippen molar-refractivity contribution < 1.29 is 9.18 Å². The van der Waals surface area contributed by atoms with Crippen LogP contribution in [0.25, 0.3) is 10.6 Å². The highest BCUT2D eigenvalue weighted by molar-refractivity contribution is 7.13. The number of thiophene rings is 1. The van der Waals surface area contributed by atoms with Crippen LogP contribution in [0.1, 0.15) is 28.9 Å². The lowest BCUT2D eigenvalue weighted by Gasteiger charge is -2.14. The summed E-state index contributed by atoms with van der Waals surface area (Å²) in [5.41, 5.74) is 2.05. The van der Waals surface area contributed by atoms with Gasteiger partial charge in [0.15, 0.2) is 0 Å². The predicted octanol–water partition coefficient (Wildman–Crippen LogP) is 3.77. The molecule has 2 aromatic heterocycles. The van der Waals surface area contributed by atoms with E-state index < -0.39 is 0 Å². The first kappa shape index (κ1) is 14.5. The zero-order chi connectivity index (χ0) is 15.5. The summed E-state index contributed by atoms with van der Waals surface area (Å²) in [6.45, 7) is 1.86. The van der Waals surface area contributed by atoms with E-state index in [1.165, 1.54) is 29.7 Å². The van der Waals surface area contributed by atoms with Gasteiger partial charge in [0.2, 0.25) is 0 Å². The molecule has 0 fully saturated rings. The van der Waals surface area contributed by atoms with Crippen LogP contribution in [0.4, 0.5) is 4.39 Å². The van der Waals surface area contributed by atoms with Crippen molar-refractivity contribution in [1.82, 2.24) is 15.5 Å². The van der Waals surface area contributed by atoms with Crippen molar-refractivity contribution in [3.8, 4) is 10.6 Å². The minimum absolute atomic E-state index is 0.214. The molecule has 3 rings (SSSR count). The normalized spacial score (nSPS) is 12.1. The summed E-state index contributed by atoms with van der Waals surface area (Å²) in [4.78, 5) is 13.4. The molecule has 112 valence electrons. The molecule has 0 radical (unpaired) electrons. The minimum Gasteiger partial charge on any atom is -0.345 e. The summed E-state index contributed by atoms with van der Waals surface area (Å²) in [7, 11) is 0. The largest absolute Gasteiger partial charge is 0.345 e. The van der Waals surface area contributed by atoms with Gasteiger partial charge in [-0.1, -0.05) is 18.2 Å². The topological polar surface area (TPSA) is 57.8 Å². The Bertz CT molecular complexity index is 765. The summed E-state index contributed by atoms with van der Waals surface area (Å²) >= 11 is 1.54. The van der Waals surface area contributed by atoms with Gasteiger partial charge in [-0.2, -0.15) is 5.10 Å². The van der Waals surface area contributed by atoms with Crippen LogP contribution in [0.2, 0.25) is 0 Å². The fourth-order valence-corrected chi connectivity index (χ4v) is 2.91. The molecule has 22 heavy (non-hydrogen) atoms. The molecule has 3 aromatic rings. The first-order chi connectivity index (χ1) is 10.6. The average molecular weight is 315 g/mol. The second-order valence-corrected chi connectivity index (χ2v) is 5.83. The fourth-order valence-electron chi connectivity index (χ4n) is 2.18. The number of aromatic amines is 1. The Hall–Kier alpha value is -2.47. The number of nitrogens with zero attached hydrogens (tertiary/aromatic N) is 1. The Balaban J connectivity index is 1.78. The van der Waals surface area contributed by atoms with Gasteiger partial charge in [-0.3, -0.25) is 9.89 Å². The van der Waals surface area contributed by atoms with Gasteiger partial charge in [-0.05, 0) is 36.1 Å². The molecule has 1 aromatic carbocycles. The van der Waals surface area contributed by atoms with Crippen LogP contribution in [-0.4, -0.2) is 16.1 Å². The second kappa shape index (κ2) is 6.11. The maximum Gasteiger partial charge on any atom is 0.255 e. The van der Waals surface area contributed by atoms with Gasteiger partial charge in [0.25, 0.3) is 5.91 Å². The molecule has 0 spiro atoms. The molecule has 2 heterocycles. The van der Waals surface area contributed by atoms with Crippen LogP contribution in [0.15, 0.2) is 48.0 Å². The molecule has 0 aliphatic carbocycles. The number of aromatic nitrogens is 2. The molecule has 0 bridgehead atoms. The van der Waals surface area contributed by atoms with Crippen LogP contribution < -0.4 is 5.32 Å². The molecule has 2 N–H and O–H groups in total. The minimum atomic E-state index is -0.294. The number of carbonyl (C=O) groups is 1. The second-order valence-electron chi connectivity index (χ2n) is 4.88. The lowest BCUT2D eigenvalue weighted by molar-refractivity contribution is 0.0940. The van der Waals surface area contributed by atoms with E-state index in [1.54, 1.807) is 12.1 Å². The van der Waals surface area contributed by atoms with E-state index in [9.17, 15) is 9.18 Å². The molecular weight excluding hydrogens is 301 g/mol. The maximum atomic E-state index is 12.9. The van der Waals surface area contributed by atoms with Crippen molar-refractivity contribution in [2.75, 3.05) is 0 Å². The van der Waals surface area contributed by atoms with Crippen molar-refractivity contribution in [2.45, 2.75) is 13.0 Å². The van der Waals surface area contributed by atoms with Crippen molar-refractivity contribution >= 4 is 17.2 Å². The van der Waals surface area contributed by atoms with Crippen molar-refractivity contribution in [2.24, 2.45) is 0 Å². The van der Waals surface area contributed by atoms with Gasteiger partial charge in [0, 0.05) is 0 Å². The fraction of sp³-hybridized carbons (Fsp3) is 0.125. The van der Waals surface area contributed by atoms with Crippen LogP contribution in [-0.2, 0) is 0 Å². The highest BCUT2D eigenvalue weighted by Crippen LogP contribution is 2.26. The van der Waals surface area contributed by atoms with E-state index in [4.69, 9.17) is 0 Å². The van der Waals surface area contributed by atoms with E-state index in [2.05, 4.69) is 15.5 Å². The monoisotopic (exact) mass is 315 g/mol. The zero-order valence-corrected chi connectivity index (χ0v) is 12.7. The number of hydrogen-bond donors (Lipinski definition) is 2. The maximum absolute atomic E-state index is 12.9. The van der Waals surface area contributed by atoms with E-state index in [0.29, 0.717) is 11.3 Å². The van der Waals surface area contributed by atoms with Crippen molar-refractivity contribution in [1.29, 1.82) is 0 Å². The summed E-state index contributed by atoms with van der Waals surface area (Å²) in [5.74, 6) is -0.508. The van der Waals surface area contributed by atoms with Crippen LogP contribution in [0.3, 0.4) is 0 Å². The van der Waals surface area contributed by atoms with Gasteiger partial charge in [0.05, 0.1) is 28.4 Å². The highest BCUT2D eigenvalue weighted by Gasteiger charge is 2.18. The van der Waals surface area contributed by atoms with Crippen molar-refractivity contribution in [3.05, 3.63) is 64.9 Å². The molecule has 0 saturated heterocycles. The molecular formula is C16H14FN3OS. The first-order valence-electron chi connectivity index (χ1n) is 6.78. The molecule has 0 aliphatic rings. The van der Waals surface area contributed by atoms with Crippen molar-refractivity contribution in [3.63, 3.8) is 0 Å². The molecule has 0 saturated carbocycles. The zero-order valence-electron chi connectivity index (χ0n) is 11.8. The standard InChI is InChI=1S/C16H14FN3OS/c1-10(11-4-6-12(17)7-5-11)19-16(21)13-9-18-20-15(13)14-3-2-8-22-14/h2-10H,1H3,(H,18,20)(H,19,21). The van der Waals surface area contributed by atoms with E-state index in [0.717, 1.165) is 10.4 Å². The van der Waals surface area contributed by atoms with Gasteiger partial charge in [-0.25, -0.2) is 4.39 Å². The number of carbonyl (C=O) groups excluding carboxylic acids is 1. The Morgan fingerprint density at radius 3 is 2.77 bits per heavy atom. The number of hydrogen-bond acceptors (Lipinski definition) is 3. The number of halogens is 1. The molecule has 1 atom stereocenters. The summed E-state index contributed by atoms with van der Waals surface area (Å²) < 4.78 is 12.9. The van der Waals surface area contributed by atoms with Gasteiger partial charge >= 0.3 is 0 Å². The highest BCUT2D eigenvalue weighted by atomic mass is 32.1. The van der Waals surface area contributed by atoms with E-state index >= 15 is 0 Å². The number of nitrogens with one attached hydrogen (secondary N) is 2. The van der Waals surface area contributed by atoms with Crippen LogP contribution in [0.5, 0.6) is 0 Å². The molecule has 0 aliphatic heterocycles. The third-order valence-corrected chi connectivity index (χ3v) is 4.26. The summed E-state index contributed by atoms with van der Waals surface area (Å²) in [6, 6.07) is 9.72. The lowest BCUT2D eigenvalue weighted by atomic mass is 10.1. The molecule has 1 amide bonds. The molecule has 6 heteroatoms. The molecule has 1 unspecified atom stereocenters. The molecule has 4 nitrogen and oxygen atoms in total. The van der Waals surface area contributed by atoms with Crippen LogP contribution >= 0.6 is 11.3 Å². The van der Waals surface area contributed by atoms with Gasteiger partial charge < -0.3 is 5.32 Å². The number of H-pyrrole nitrogens is 1. The Morgan fingerprint density at radius 1 is 1.32 bits per heavy atom. The number of amides is 1. The quantitative estimate of drug-likeness (QED) is 0.770. The van der Waals surface area contributed by atoms with Gasteiger partial charge in [-0.15, -0.1) is 11.3 Å².